The van der Waals surface area contributed by atoms with Gasteiger partial charge in [-0.05, 0) is 36.2 Å². The molecule has 1 aliphatic rings. The predicted octanol–water partition coefficient (Wildman–Crippen LogP) is 4.66. The van der Waals surface area contributed by atoms with Gasteiger partial charge >= 0.3 is 6.18 Å². The lowest BCUT2D eigenvalue weighted by Gasteiger charge is -2.20. The topological polar surface area (TPSA) is 116 Å². The van der Waals surface area contributed by atoms with Gasteiger partial charge < -0.3 is 10.2 Å². The van der Waals surface area contributed by atoms with Crippen molar-refractivity contribution in [3.05, 3.63) is 81.2 Å². The zero-order valence-corrected chi connectivity index (χ0v) is 21.7. The molecule has 0 unspecified atom stereocenters. The Kier molecular flexibility index (Phi) is 7.83. The molecule has 8 nitrogen and oxygen atoms in total. The summed E-state index contributed by atoms with van der Waals surface area (Å²) in [5, 5.41) is 11.0. The number of rotatable bonds is 6. The predicted molar refractivity (Wildman–Crippen MR) is 134 cm³/mol. The first-order valence-electron chi connectivity index (χ1n) is 11.1. The zero-order chi connectivity index (χ0) is 27.7. The van der Waals surface area contributed by atoms with Gasteiger partial charge in [0.25, 0.3) is 5.91 Å². The van der Waals surface area contributed by atoms with Gasteiger partial charge in [0.1, 0.15) is 17.5 Å². The second kappa shape index (κ2) is 10.8. The molecule has 2 aromatic carbocycles. The lowest BCUT2D eigenvalue weighted by molar-refractivity contribution is -0.137. The molecule has 198 valence electrons. The van der Waals surface area contributed by atoms with Crippen molar-refractivity contribution in [2.24, 2.45) is 0 Å². The molecule has 2 heterocycles. The van der Waals surface area contributed by atoms with Crippen LogP contribution in [0.3, 0.4) is 0 Å². The van der Waals surface area contributed by atoms with E-state index in [0.29, 0.717) is 5.56 Å². The maximum atomic E-state index is 13.3. The zero-order valence-electron chi connectivity index (χ0n) is 19.3. The van der Waals surface area contributed by atoms with Crippen LogP contribution in [0.5, 0.6) is 0 Å². The van der Waals surface area contributed by atoms with E-state index in [0.717, 1.165) is 18.3 Å². The van der Waals surface area contributed by atoms with Crippen molar-refractivity contribution in [1.82, 2.24) is 15.3 Å². The largest absolute Gasteiger partial charge is 0.416 e. The van der Waals surface area contributed by atoms with Gasteiger partial charge in [-0.1, -0.05) is 41.4 Å². The van der Waals surface area contributed by atoms with Crippen LogP contribution >= 0.6 is 23.2 Å². The third kappa shape index (κ3) is 5.70. The van der Waals surface area contributed by atoms with E-state index in [1.54, 1.807) is 11.0 Å². The number of amides is 1. The standard InChI is InChI=1S/C24H18Cl2F3N5O3S/c25-18-2-1-3-19(21(18)26)38(36,37)16-8-9-34(13-16)22-17(12-31-20(10-30)33-22)23(35)32-11-14-4-6-15(7-5-14)24(27,28)29/h1-7,12,16H,8-9,11,13H2,(H,32,35)/t16-/m0/s1. The van der Waals surface area contributed by atoms with E-state index in [1.807, 2.05) is 0 Å². The monoisotopic (exact) mass is 583 g/mol. The van der Waals surface area contributed by atoms with Crippen LogP contribution in [-0.2, 0) is 22.6 Å². The second-order valence-corrected chi connectivity index (χ2v) is 11.4. The molecule has 3 aromatic rings. The highest BCUT2D eigenvalue weighted by atomic mass is 35.5. The Hall–Kier alpha value is -3.40. The van der Waals surface area contributed by atoms with E-state index < -0.39 is 32.7 Å². The highest BCUT2D eigenvalue weighted by Gasteiger charge is 2.37. The molecule has 1 aliphatic heterocycles. The third-order valence-electron chi connectivity index (χ3n) is 5.95. The van der Waals surface area contributed by atoms with Crippen LogP contribution < -0.4 is 10.2 Å². The number of benzene rings is 2. The maximum absolute atomic E-state index is 13.3. The summed E-state index contributed by atoms with van der Waals surface area (Å²) < 4.78 is 64.9. The van der Waals surface area contributed by atoms with Gasteiger partial charge in [-0.3, -0.25) is 4.79 Å². The number of hydrogen-bond donors (Lipinski definition) is 1. The minimum atomic E-state index is -4.48. The maximum Gasteiger partial charge on any atom is 0.416 e. The summed E-state index contributed by atoms with van der Waals surface area (Å²) >= 11 is 12.1. The summed E-state index contributed by atoms with van der Waals surface area (Å²) in [4.78, 5) is 22.4. The van der Waals surface area contributed by atoms with E-state index >= 15 is 0 Å². The molecule has 1 aromatic heterocycles. The van der Waals surface area contributed by atoms with Gasteiger partial charge in [-0.2, -0.15) is 18.4 Å². The normalized spacial score (nSPS) is 15.8. The SMILES string of the molecule is N#Cc1ncc(C(=O)NCc2ccc(C(F)(F)F)cc2)c(N2CC[C@H](S(=O)(=O)c3cccc(Cl)c3Cl)C2)n1. The number of nitriles is 1. The molecular weight excluding hydrogens is 566 g/mol. The number of aromatic nitrogens is 2. The number of nitrogens with zero attached hydrogens (tertiary/aromatic N) is 4. The summed E-state index contributed by atoms with van der Waals surface area (Å²) in [5.74, 6) is -0.798. The molecule has 1 atom stereocenters. The Bertz CT molecular complexity index is 1530. The van der Waals surface area contributed by atoms with Crippen LogP contribution in [0.1, 0.15) is 33.7 Å². The van der Waals surface area contributed by atoms with Crippen molar-refractivity contribution in [1.29, 1.82) is 5.26 Å². The molecule has 1 amide bonds. The van der Waals surface area contributed by atoms with Crippen LogP contribution in [0.4, 0.5) is 19.0 Å². The average molecular weight is 584 g/mol. The Morgan fingerprint density at radius 3 is 2.55 bits per heavy atom. The Balaban J connectivity index is 1.54. The summed E-state index contributed by atoms with van der Waals surface area (Å²) in [6.07, 6.45) is -3.13. The van der Waals surface area contributed by atoms with Crippen molar-refractivity contribution >= 4 is 44.8 Å². The minimum absolute atomic E-state index is 0.0188. The summed E-state index contributed by atoms with van der Waals surface area (Å²) in [6.45, 7) is 0.0933. The molecule has 14 heteroatoms. The number of anilines is 1. The van der Waals surface area contributed by atoms with Crippen molar-refractivity contribution in [3.8, 4) is 6.07 Å². The smallest absolute Gasteiger partial charge is 0.354 e. The molecule has 0 aliphatic carbocycles. The van der Waals surface area contributed by atoms with Crippen molar-refractivity contribution in [3.63, 3.8) is 0 Å². The van der Waals surface area contributed by atoms with Crippen LogP contribution in [0, 0.1) is 11.3 Å². The van der Waals surface area contributed by atoms with Crippen molar-refractivity contribution < 1.29 is 26.4 Å². The van der Waals surface area contributed by atoms with Gasteiger partial charge in [0.15, 0.2) is 9.84 Å². The first-order valence-corrected chi connectivity index (χ1v) is 13.4. The van der Waals surface area contributed by atoms with Crippen LogP contribution in [0.15, 0.2) is 53.6 Å². The molecule has 0 radical (unpaired) electrons. The molecule has 1 fully saturated rings. The van der Waals surface area contributed by atoms with Gasteiger partial charge in [0.05, 0.1) is 25.8 Å². The number of carbonyl (C=O) groups is 1. The molecule has 0 saturated carbocycles. The third-order valence-corrected chi connectivity index (χ3v) is 9.10. The Morgan fingerprint density at radius 1 is 1.18 bits per heavy atom. The fourth-order valence-corrected chi connectivity index (χ4v) is 6.43. The first kappa shape index (κ1) is 27.6. The number of carbonyl (C=O) groups excluding carboxylic acids is 1. The van der Waals surface area contributed by atoms with Crippen molar-refractivity contribution in [2.45, 2.75) is 29.3 Å². The fourth-order valence-electron chi connectivity index (χ4n) is 3.97. The van der Waals surface area contributed by atoms with Gasteiger partial charge in [0, 0.05) is 25.8 Å². The Morgan fingerprint density at radius 2 is 1.89 bits per heavy atom. The molecule has 0 spiro atoms. The number of alkyl halides is 3. The van der Waals surface area contributed by atoms with Crippen LogP contribution in [-0.4, -0.2) is 42.6 Å². The number of sulfone groups is 1. The lowest BCUT2D eigenvalue weighted by atomic mass is 10.1. The number of nitrogens with one attached hydrogen (secondary N) is 1. The van der Waals surface area contributed by atoms with Gasteiger partial charge in [0.2, 0.25) is 5.82 Å². The van der Waals surface area contributed by atoms with E-state index in [-0.39, 0.29) is 58.2 Å². The minimum Gasteiger partial charge on any atom is -0.354 e. The molecule has 38 heavy (non-hydrogen) atoms. The summed E-state index contributed by atoms with van der Waals surface area (Å²) in [7, 11) is -3.89. The lowest BCUT2D eigenvalue weighted by Crippen LogP contribution is -2.31. The van der Waals surface area contributed by atoms with Gasteiger partial charge in [-0.15, -0.1) is 0 Å². The fraction of sp³-hybridized carbons (Fsp3) is 0.250. The highest BCUT2D eigenvalue weighted by Crippen LogP contribution is 2.35. The van der Waals surface area contributed by atoms with Crippen molar-refractivity contribution in [2.75, 3.05) is 18.0 Å². The van der Waals surface area contributed by atoms with Gasteiger partial charge in [-0.25, -0.2) is 18.4 Å². The first-order chi connectivity index (χ1) is 17.9. The molecular formula is C24H18Cl2F3N5O3S. The highest BCUT2D eigenvalue weighted by molar-refractivity contribution is 7.92. The summed E-state index contributed by atoms with van der Waals surface area (Å²) in [6, 6.07) is 10.4. The van der Waals surface area contributed by atoms with Crippen LogP contribution in [0.25, 0.3) is 0 Å². The number of hydrogen-bond acceptors (Lipinski definition) is 7. The number of halogens is 5. The van der Waals surface area contributed by atoms with E-state index in [9.17, 15) is 31.6 Å². The van der Waals surface area contributed by atoms with E-state index in [1.165, 1.54) is 30.3 Å². The molecule has 0 bridgehead atoms. The van der Waals surface area contributed by atoms with E-state index in [4.69, 9.17) is 23.2 Å². The Labute approximate surface area is 225 Å². The van der Waals surface area contributed by atoms with Crippen LogP contribution in [0.2, 0.25) is 10.0 Å². The summed E-state index contributed by atoms with van der Waals surface area (Å²) in [5.41, 5.74) is -0.407. The molecule has 1 saturated heterocycles. The molecule has 4 rings (SSSR count). The van der Waals surface area contributed by atoms with E-state index in [2.05, 4.69) is 15.3 Å². The quantitative estimate of drug-likeness (QED) is 0.448. The molecule has 1 N–H and O–H groups in total. The average Bonchev–Trinajstić information content (AvgIpc) is 3.39. The second-order valence-electron chi connectivity index (χ2n) is 8.37.